The second kappa shape index (κ2) is 7.68. The highest BCUT2D eigenvalue weighted by Crippen LogP contribution is 2.18. The molecule has 16 heavy (non-hydrogen) atoms. The Kier molecular flexibility index (Phi) is 6.92. The Balaban J connectivity index is 4.25. The lowest BCUT2D eigenvalue weighted by atomic mass is 9.90. The van der Waals surface area contributed by atoms with Gasteiger partial charge in [0.15, 0.2) is 0 Å². The summed E-state index contributed by atoms with van der Waals surface area (Å²) in [4.78, 5) is 21.6. The molecule has 0 radical (unpaired) electrons. The minimum Gasteiger partial charge on any atom is -0.481 e. The number of hydrogen-bond donors (Lipinski definition) is 2. The quantitative estimate of drug-likeness (QED) is 0.653. The molecule has 0 saturated carbocycles. The van der Waals surface area contributed by atoms with Crippen LogP contribution in [0, 0.1) is 11.8 Å². The van der Waals surface area contributed by atoms with Gasteiger partial charge in [0.1, 0.15) is 0 Å². The van der Waals surface area contributed by atoms with Crippen LogP contribution >= 0.6 is 0 Å². The van der Waals surface area contributed by atoms with Crippen molar-refractivity contribution in [3.8, 4) is 0 Å². The molecule has 90 valence electrons. The fourth-order valence-electron chi connectivity index (χ4n) is 1.32. The molecule has 0 saturated heterocycles. The van der Waals surface area contributed by atoms with Crippen molar-refractivity contribution in [2.75, 3.05) is 0 Å². The molecule has 0 aliphatic carbocycles. The van der Waals surface area contributed by atoms with Gasteiger partial charge >= 0.3 is 11.9 Å². The van der Waals surface area contributed by atoms with Gasteiger partial charge in [0, 0.05) is 0 Å². The van der Waals surface area contributed by atoms with Crippen LogP contribution in [0.4, 0.5) is 0 Å². The van der Waals surface area contributed by atoms with E-state index in [1.165, 1.54) is 6.92 Å². The molecule has 0 spiro atoms. The van der Waals surface area contributed by atoms with Crippen LogP contribution in [-0.2, 0) is 9.59 Å². The third-order valence-electron chi connectivity index (χ3n) is 2.39. The Morgan fingerprint density at radius 1 is 1.19 bits per heavy atom. The summed E-state index contributed by atoms with van der Waals surface area (Å²) in [5, 5.41) is 17.6. The number of allylic oxidation sites excluding steroid dienone is 4. The number of hydrogen-bond acceptors (Lipinski definition) is 2. The van der Waals surface area contributed by atoms with Crippen LogP contribution in [0.1, 0.15) is 26.7 Å². The van der Waals surface area contributed by atoms with Gasteiger partial charge in [-0.1, -0.05) is 31.2 Å². The molecule has 0 rings (SSSR count). The van der Waals surface area contributed by atoms with E-state index in [0.29, 0.717) is 12.8 Å². The van der Waals surface area contributed by atoms with E-state index in [9.17, 15) is 9.59 Å². The summed E-state index contributed by atoms with van der Waals surface area (Å²) < 4.78 is 0. The molecule has 0 aliphatic rings. The largest absolute Gasteiger partial charge is 0.481 e. The predicted molar refractivity (Wildman–Crippen MR) is 61.1 cm³/mol. The average Bonchev–Trinajstić information content (AvgIpc) is 2.21. The molecule has 2 N–H and O–H groups in total. The maximum absolute atomic E-state index is 10.9. The number of rotatable bonds is 7. The van der Waals surface area contributed by atoms with E-state index in [0.717, 1.165) is 0 Å². The first-order chi connectivity index (χ1) is 7.50. The van der Waals surface area contributed by atoms with E-state index in [4.69, 9.17) is 10.2 Å². The third kappa shape index (κ3) is 5.34. The Bertz CT molecular complexity index is 291. The van der Waals surface area contributed by atoms with Crippen molar-refractivity contribution in [2.24, 2.45) is 11.8 Å². The number of aliphatic carboxylic acids is 2. The first-order valence-electron chi connectivity index (χ1n) is 5.24. The zero-order valence-corrected chi connectivity index (χ0v) is 9.59. The molecule has 0 bridgehead atoms. The molecule has 0 heterocycles. The fourth-order valence-corrected chi connectivity index (χ4v) is 1.32. The van der Waals surface area contributed by atoms with Gasteiger partial charge in [-0.05, 0) is 19.8 Å². The molecule has 2 unspecified atom stereocenters. The molecular formula is C12H18O4. The molecule has 0 aromatic heterocycles. The summed E-state index contributed by atoms with van der Waals surface area (Å²) in [7, 11) is 0. The summed E-state index contributed by atoms with van der Waals surface area (Å²) in [6.45, 7) is 3.31. The monoisotopic (exact) mass is 226 g/mol. The molecule has 0 fully saturated rings. The molecule has 4 nitrogen and oxygen atoms in total. The zero-order chi connectivity index (χ0) is 12.6. The number of carboxylic acids is 2. The standard InChI is InChI=1S/C12H18O4/c1-3-4-5-6-7-8-10(12(15)16)9(2)11(13)14/h3-6,9-10H,7-8H2,1-2H3,(H,13,14)(H,15,16). The van der Waals surface area contributed by atoms with E-state index in [-0.39, 0.29) is 0 Å². The summed E-state index contributed by atoms with van der Waals surface area (Å²) in [6, 6.07) is 0. The summed E-state index contributed by atoms with van der Waals surface area (Å²) >= 11 is 0. The molecular weight excluding hydrogens is 208 g/mol. The molecule has 2 atom stereocenters. The van der Waals surface area contributed by atoms with Crippen LogP contribution in [0.15, 0.2) is 24.3 Å². The maximum Gasteiger partial charge on any atom is 0.307 e. The summed E-state index contributed by atoms with van der Waals surface area (Å²) in [6.07, 6.45) is 8.28. The Hall–Kier alpha value is -1.58. The Morgan fingerprint density at radius 3 is 2.25 bits per heavy atom. The normalized spacial score (nSPS) is 15.4. The lowest BCUT2D eigenvalue weighted by Gasteiger charge is -2.15. The van der Waals surface area contributed by atoms with Gasteiger partial charge in [0.25, 0.3) is 0 Å². The Morgan fingerprint density at radius 2 is 1.81 bits per heavy atom. The molecule has 0 aromatic rings. The van der Waals surface area contributed by atoms with Gasteiger partial charge in [-0.3, -0.25) is 9.59 Å². The van der Waals surface area contributed by atoms with E-state index >= 15 is 0 Å². The fraction of sp³-hybridized carbons (Fsp3) is 0.500. The summed E-state index contributed by atoms with van der Waals surface area (Å²) in [5.74, 6) is -3.79. The van der Waals surface area contributed by atoms with Crippen molar-refractivity contribution in [1.82, 2.24) is 0 Å². The number of carboxylic acid groups (broad SMARTS) is 2. The van der Waals surface area contributed by atoms with Crippen molar-refractivity contribution in [2.45, 2.75) is 26.7 Å². The van der Waals surface area contributed by atoms with E-state index in [1.54, 1.807) is 0 Å². The SMILES string of the molecule is CC=CC=CCCC(C(=O)O)C(C)C(=O)O. The van der Waals surface area contributed by atoms with Crippen molar-refractivity contribution in [1.29, 1.82) is 0 Å². The highest BCUT2D eigenvalue weighted by atomic mass is 16.4. The van der Waals surface area contributed by atoms with Gasteiger partial charge < -0.3 is 10.2 Å². The van der Waals surface area contributed by atoms with Gasteiger partial charge in [0.05, 0.1) is 11.8 Å². The first kappa shape index (κ1) is 14.4. The van der Waals surface area contributed by atoms with Crippen LogP contribution in [0.5, 0.6) is 0 Å². The van der Waals surface area contributed by atoms with Gasteiger partial charge in [-0.15, -0.1) is 0 Å². The predicted octanol–water partition coefficient (Wildman–Crippen LogP) is 2.32. The molecule has 0 amide bonds. The minimum absolute atomic E-state index is 0.344. The van der Waals surface area contributed by atoms with Crippen LogP contribution < -0.4 is 0 Å². The zero-order valence-electron chi connectivity index (χ0n) is 9.59. The van der Waals surface area contributed by atoms with Crippen LogP contribution in [0.25, 0.3) is 0 Å². The topological polar surface area (TPSA) is 74.6 Å². The molecule has 0 aromatic carbocycles. The van der Waals surface area contributed by atoms with Crippen molar-refractivity contribution >= 4 is 11.9 Å². The van der Waals surface area contributed by atoms with Crippen LogP contribution in [-0.4, -0.2) is 22.2 Å². The van der Waals surface area contributed by atoms with Crippen molar-refractivity contribution in [3.63, 3.8) is 0 Å². The van der Waals surface area contributed by atoms with Crippen molar-refractivity contribution < 1.29 is 19.8 Å². The van der Waals surface area contributed by atoms with Gasteiger partial charge in [-0.25, -0.2) is 0 Å². The maximum atomic E-state index is 10.9. The highest BCUT2D eigenvalue weighted by molar-refractivity contribution is 5.79. The lowest BCUT2D eigenvalue weighted by molar-refractivity contribution is -0.153. The smallest absolute Gasteiger partial charge is 0.307 e. The van der Waals surface area contributed by atoms with E-state index < -0.39 is 23.8 Å². The average molecular weight is 226 g/mol. The van der Waals surface area contributed by atoms with Crippen molar-refractivity contribution in [3.05, 3.63) is 24.3 Å². The second-order valence-corrected chi connectivity index (χ2v) is 3.60. The minimum atomic E-state index is -1.06. The lowest BCUT2D eigenvalue weighted by Crippen LogP contribution is -2.27. The highest BCUT2D eigenvalue weighted by Gasteiger charge is 2.28. The first-order valence-corrected chi connectivity index (χ1v) is 5.24. The van der Waals surface area contributed by atoms with Gasteiger partial charge in [0.2, 0.25) is 0 Å². The van der Waals surface area contributed by atoms with Crippen LogP contribution in [0.3, 0.4) is 0 Å². The number of carbonyl (C=O) groups is 2. The molecule has 4 heteroatoms. The van der Waals surface area contributed by atoms with E-state index in [1.807, 2.05) is 31.2 Å². The van der Waals surface area contributed by atoms with Gasteiger partial charge in [-0.2, -0.15) is 0 Å². The summed E-state index contributed by atoms with van der Waals surface area (Å²) in [5.41, 5.74) is 0. The second-order valence-electron chi connectivity index (χ2n) is 3.60. The third-order valence-corrected chi connectivity index (χ3v) is 2.39. The van der Waals surface area contributed by atoms with E-state index in [2.05, 4.69) is 0 Å². The molecule has 0 aliphatic heterocycles. The Labute approximate surface area is 95.3 Å². The van der Waals surface area contributed by atoms with Crippen LogP contribution in [0.2, 0.25) is 0 Å².